The summed E-state index contributed by atoms with van der Waals surface area (Å²) in [6.45, 7) is 11.6. The van der Waals surface area contributed by atoms with E-state index >= 15 is 0 Å². The molecule has 136 valence electrons. The van der Waals surface area contributed by atoms with Crippen LogP contribution in [0.15, 0.2) is 29.3 Å². The van der Waals surface area contributed by atoms with Gasteiger partial charge in [0.1, 0.15) is 0 Å². The molecule has 6 heteroatoms. The zero-order valence-electron chi connectivity index (χ0n) is 15.0. The molecule has 1 aromatic rings. The standard InChI is InChI=1S/C18H31N5.HI/c1-3-8-20-18(19)21-9-5-10-22-11-13-23(14-12-22)17-7-4-6-16(2)15-17;/h4,6-7,15H,3,5,8-14H2,1-2H3,(H3,19,20,21);1H. The largest absolute Gasteiger partial charge is 0.370 e. The highest BCUT2D eigenvalue weighted by Crippen LogP contribution is 2.17. The number of rotatable bonds is 7. The molecule has 1 aliphatic heterocycles. The summed E-state index contributed by atoms with van der Waals surface area (Å²) in [6.07, 6.45) is 2.14. The maximum absolute atomic E-state index is 5.79. The molecule has 0 aliphatic carbocycles. The fourth-order valence-electron chi connectivity index (χ4n) is 2.86. The molecule has 0 atom stereocenters. The molecule has 0 unspecified atom stereocenters. The highest BCUT2D eigenvalue weighted by Gasteiger charge is 2.16. The van der Waals surface area contributed by atoms with Gasteiger partial charge in [-0.3, -0.25) is 9.89 Å². The number of hydrogen-bond donors (Lipinski definition) is 2. The molecule has 0 radical (unpaired) electrons. The van der Waals surface area contributed by atoms with E-state index in [2.05, 4.69) is 58.2 Å². The van der Waals surface area contributed by atoms with Crippen LogP contribution in [-0.2, 0) is 0 Å². The van der Waals surface area contributed by atoms with Crippen molar-refractivity contribution in [3.63, 3.8) is 0 Å². The SMILES string of the molecule is CCCN=C(N)NCCCN1CCN(c2cccc(C)c2)CC1.I. The lowest BCUT2D eigenvalue weighted by Crippen LogP contribution is -2.47. The number of aryl methyl sites for hydroxylation is 1. The average molecular weight is 445 g/mol. The molecule has 2 rings (SSSR count). The predicted molar refractivity (Wildman–Crippen MR) is 115 cm³/mol. The first-order valence-electron chi connectivity index (χ1n) is 8.77. The minimum atomic E-state index is 0. The molecule has 5 nitrogen and oxygen atoms in total. The molecular weight excluding hydrogens is 413 g/mol. The Morgan fingerprint density at radius 2 is 2.00 bits per heavy atom. The van der Waals surface area contributed by atoms with Crippen molar-refractivity contribution in [3.8, 4) is 0 Å². The average Bonchev–Trinajstić information content (AvgIpc) is 2.57. The second-order valence-electron chi connectivity index (χ2n) is 6.21. The van der Waals surface area contributed by atoms with E-state index in [1.165, 1.54) is 11.3 Å². The Balaban J connectivity index is 0.00000288. The summed E-state index contributed by atoms with van der Waals surface area (Å²) < 4.78 is 0. The Labute approximate surface area is 163 Å². The number of anilines is 1. The number of aliphatic imine (C=N–C) groups is 1. The van der Waals surface area contributed by atoms with Crippen LogP contribution in [0.4, 0.5) is 5.69 Å². The smallest absolute Gasteiger partial charge is 0.188 e. The van der Waals surface area contributed by atoms with Crippen LogP contribution < -0.4 is 16.0 Å². The van der Waals surface area contributed by atoms with Crippen molar-refractivity contribution in [2.24, 2.45) is 10.7 Å². The molecule has 3 N–H and O–H groups in total. The highest BCUT2D eigenvalue weighted by atomic mass is 127. The Morgan fingerprint density at radius 3 is 2.67 bits per heavy atom. The minimum Gasteiger partial charge on any atom is -0.370 e. The van der Waals surface area contributed by atoms with Gasteiger partial charge in [0, 0.05) is 45.0 Å². The summed E-state index contributed by atoms with van der Waals surface area (Å²) in [5.41, 5.74) is 8.48. The van der Waals surface area contributed by atoms with Crippen molar-refractivity contribution in [1.82, 2.24) is 10.2 Å². The van der Waals surface area contributed by atoms with E-state index in [0.717, 1.165) is 58.7 Å². The van der Waals surface area contributed by atoms with Gasteiger partial charge in [0.25, 0.3) is 0 Å². The lowest BCUT2D eigenvalue weighted by molar-refractivity contribution is 0.255. The van der Waals surface area contributed by atoms with E-state index in [4.69, 9.17) is 5.73 Å². The van der Waals surface area contributed by atoms with E-state index in [0.29, 0.717) is 5.96 Å². The van der Waals surface area contributed by atoms with Crippen LogP contribution in [0.5, 0.6) is 0 Å². The third-order valence-electron chi connectivity index (χ3n) is 4.20. The third-order valence-corrected chi connectivity index (χ3v) is 4.20. The van der Waals surface area contributed by atoms with E-state index in [1.807, 2.05) is 0 Å². The lowest BCUT2D eigenvalue weighted by atomic mass is 10.2. The van der Waals surface area contributed by atoms with Crippen LogP contribution in [0.25, 0.3) is 0 Å². The number of benzene rings is 1. The van der Waals surface area contributed by atoms with Gasteiger partial charge in [-0.05, 0) is 44.0 Å². The van der Waals surface area contributed by atoms with Crippen molar-refractivity contribution in [2.75, 3.05) is 50.7 Å². The maximum Gasteiger partial charge on any atom is 0.188 e. The van der Waals surface area contributed by atoms with E-state index in [1.54, 1.807) is 0 Å². The molecule has 1 saturated heterocycles. The second kappa shape index (κ2) is 11.5. The summed E-state index contributed by atoms with van der Waals surface area (Å²) in [4.78, 5) is 9.26. The van der Waals surface area contributed by atoms with Gasteiger partial charge < -0.3 is 16.0 Å². The highest BCUT2D eigenvalue weighted by molar-refractivity contribution is 14.0. The monoisotopic (exact) mass is 445 g/mol. The van der Waals surface area contributed by atoms with E-state index < -0.39 is 0 Å². The number of hydrogen-bond acceptors (Lipinski definition) is 3. The lowest BCUT2D eigenvalue weighted by Gasteiger charge is -2.36. The maximum atomic E-state index is 5.79. The fourth-order valence-corrected chi connectivity index (χ4v) is 2.86. The topological polar surface area (TPSA) is 56.9 Å². The summed E-state index contributed by atoms with van der Waals surface area (Å²) in [5, 5.41) is 3.19. The number of guanidine groups is 1. The summed E-state index contributed by atoms with van der Waals surface area (Å²) in [6, 6.07) is 8.79. The molecule has 0 bridgehead atoms. The van der Waals surface area contributed by atoms with Crippen molar-refractivity contribution < 1.29 is 0 Å². The van der Waals surface area contributed by atoms with E-state index in [-0.39, 0.29) is 24.0 Å². The first-order valence-corrected chi connectivity index (χ1v) is 8.77. The molecule has 24 heavy (non-hydrogen) atoms. The zero-order valence-corrected chi connectivity index (χ0v) is 17.3. The van der Waals surface area contributed by atoms with Gasteiger partial charge in [0.05, 0.1) is 0 Å². The quantitative estimate of drug-likeness (QED) is 0.293. The van der Waals surface area contributed by atoms with Gasteiger partial charge in [0.15, 0.2) is 5.96 Å². The molecular formula is C18H32IN5. The number of piperazine rings is 1. The van der Waals surface area contributed by atoms with Gasteiger partial charge in [-0.25, -0.2) is 0 Å². The van der Waals surface area contributed by atoms with Crippen LogP contribution >= 0.6 is 24.0 Å². The Morgan fingerprint density at radius 1 is 1.25 bits per heavy atom. The molecule has 1 fully saturated rings. The molecule has 0 aromatic heterocycles. The van der Waals surface area contributed by atoms with Crippen LogP contribution in [0.2, 0.25) is 0 Å². The fraction of sp³-hybridized carbons (Fsp3) is 0.611. The Bertz CT molecular complexity index is 498. The summed E-state index contributed by atoms with van der Waals surface area (Å²) in [5.74, 6) is 0.580. The number of halogens is 1. The van der Waals surface area contributed by atoms with Gasteiger partial charge in [-0.2, -0.15) is 0 Å². The van der Waals surface area contributed by atoms with Gasteiger partial charge in [-0.15, -0.1) is 24.0 Å². The number of nitrogens with two attached hydrogens (primary N) is 1. The number of nitrogens with one attached hydrogen (secondary N) is 1. The third kappa shape index (κ3) is 7.25. The van der Waals surface area contributed by atoms with E-state index in [9.17, 15) is 0 Å². The minimum absolute atomic E-state index is 0. The molecule has 0 amide bonds. The van der Waals surface area contributed by atoms with Crippen molar-refractivity contribution in [3.05, 3.63) is 29.8 Å². The molecule has 1 aliphatic rings. The number of nitrogens with zero attached hydrogens (tertiary/aromatic N) is 3. The van der Waals surface area contributed by atoms with Crippen LogP contribution in [-0.4, -0.2) is 56.7 Å². The Hall–Kier alpha value is -1.02. The normalized spacial score (nSPS) is 15.9. The summed E-state index contributed by atoms with van der Waals surface area (Å²) >= 11 is 0. The van der Waals surface area contributed by atoms with Crippen LogP contribution in [0.1, 0.15) is 25.3 Å². The molecule has 0 saturated carbocycles. The zero-order chi connectivity index (χ0) is 16.5. The summed E-state index contributed by atoms with van der Waals surface area (Å²) in [7, 11) is 0. The van der Waals surface area contributed by atoms with Crippen molar-refractivity contribution in [1.29, 1.82) is 0 Å². The van der Waals surface area contributed by atoms with Gasteiger partial charge >= 0.3 is 0 Å². The second-order valence-corrected chi connectivity index (χ2v) is 6.21. The first kappa shape index (κ1) is 21.0. The van der Waals surface area contributed by atoms with Crippen LogP contribution in [0.3, 0.4) is 0 Å². The van der Waals surface area contributed by atoms with Gasteiger partial charge in [-0.1, -0.05) is 19.1 Å². The Kier molecular flexibility index (Phi) is 10.1. The van der Waals surface area contributed by atoms with Crippen LogP contribution in [0, 0.1) is 6.92 Å². The molecule has 1 heterocycles. The first-order chi connectivity index (χ1) is 11.2. The van der Waals surface area contributed by atoms with Crippen molar-refractivity contribution >= 4 is 35.6 Å². The van der Waals surface area contributed by atoms with Gasteiger partial charge in [0.2, 0.25) is 0 Å². The molecule has 0 spiro atoms. The molecule has 1 aromatic carbocycles. The van der Waals surface area contributed by atoms with Crippen molar-refractivity contribution in [2.45, 2.75) is 26.7 Å². The predicted octanol–water partition coefficient (Wildman–Crippen LogP) is 2.44.